The maximum atomic E-state index is 9.84. The van der Waals surface area contributed by atoms with E-state index in [0.717, 1.165) is 25.1 Å². The third-order valence-corrected chi connectivity index (χ3v) is 3.73. The van der Waals surface area contributed by atoms with Gasteiger partial charge in [-0.1, -0.05) is 53.1 Å². The second kappa shape index (κ2) is 10.2. The quantitative estimate of drug-likeness (QED) is 0.273. The van der Waals surface area contributed by atoms with Gasteiger partial charge in [0, 0.05) is 5.41 Å². The first kappa shape index (κ1) is 21.4. The first-order valence-electron chi connectivity index (χ1n) is 8.61. The van der Waals surface area contributed by atoms with E-state index in [0.29, 0.717) is 18.4 Å². The maximum Gasteiger partial charge on any atom is 0.117 e. The van der Waals surface area contributed by atoms with Crippen LogP contribution in [0.5, 0.6) is 0 Å². The fourth-order valence-electron chi connectivity index (χ4n) is 1.77. The minimum Gasteiger partial charge on any atom is -0.396 e. The second-order valence-corrected chi connectivity index (χ2v) is 8.39. The van der Waals surface area contributed by atoms with Gasteiger partial charge >= 0.3 is 0 Å². The zero-order valence-electron chi connectivity index (χ0n) is 15.8. The molecule has 4 heteroatoms. The van der Waals surface area contributed by atoms with Crippen LogP contribution >= 0.6 is 0 Å². The van der Waals surface area contributed by atoms with Gasteiger partial charge < -0.3 is 9.94 Å². The molecule has 0 saturated carbocycles. The lowest BCUT2D eigenvalue weighted by atomic mass is 9.90. The highest BCUT2D eigenvalue weighted by atomic mass is 16.6. The molecule has 0 rings (SSSR count). The van der Waals surface area contributed by atoms with Gasteiger partial charge in [0.05, 0.1) is 5.71 Å². The number of hydrogen-bond acceptors (Lipinski definition) is 4. The Labute approximate surface area is 137 Å². The summed E-state index contributed by atoms with van der Waals surface area (Å²) in [4.78, 5) is 5.30. The summed E-state index contributed by atoms with van der Waals surface area (Å²) in [5.41, 5.74) is 1.44. The number of hydrogen-bond donors (Lipinski definition) is 2. The number of nitrogens with one attached hydrogen (secondary N) is 1. The SMILES string of the molecule is C/C(=N/OCCCC(O)NCCCCC(C)(C)C)C(C)(C)C. The summed E-state index contributed by atoms with van der Waals surface area (Å²) >= 11 is 0. The Kier molecular flexibility index (Phi) is 9.94. The lowest BCUT2D eigenvalue weighted by Crippen LogP contribution is -2.29. The van der Waals surface area contributed by atoms with Crippen molar-refractivity contribution in [1.82, 2.24) is 5.32 Å². The third kappa shape index (κ3) is 13.1. The first-order chi connectivity index (χ1) is 10.0. The molecular weight excluding hydrogens is 276 g/mol. The number of rotatable bonds is 10. The van der Waals surface area contributed by atoms with Gasteiger partial charge in [-0.25, -0.2) is 0 Å². The number of nitrogens with zero attached hydrogens (tertiary/aromatic N) is 1. The van der Waals surface area contributed by atoms with Crippen molar-refractivity contribution in [2.24, 2.45) is 16.0 Å². The Bertz CT molecular complexity index is 314. The predicted octanol–water partition coefficient (Wildman–Crippen LogP) is 4.33. The van der Waals surface area contributed by atoms with Crippen molar-refractivity contribution in [2.75, 3.05) is 13.2 Å². The molecule has 0 heterocycles. The topological polar surface area (TPSA) is 53.9 Å². The van der Waals surface area contributed by atoms with Gasteiger partial charge in [0.25, 0.3) is 0 Å². The van der Waals surface area contributed by atoms with E-state index in [1.54, 1.807) is 0 Å². The molecule has 4 nitrogen and oxygen atoms in total. The highest BCUT2D eigenvalue weighted by Crippen LogP contribution is 2.21. The Morgan fingerprint density at radius 2 is 1.73 bits per heavy atom. The molecule has 0 saturated heterocycles. The molecule has 2 N–H and O–H groups in total. The van der Waals surface area contributed by atoms with E-state index in [2.05, 4.69) is 52.0 Å². The second-order valence-electron chi connectivity index (χ2n) is 8.39. The van der Waals surface area contributed by atoms with Gasteiger partial charge in [-0.05, 0) is 44.6 Å². The van der Waals surface area contributed by atoms with Gasteiger partial charge in [0.2, 0.25) is 0 Å². The molecule has 22 heavy (non-hydrogen) atoms. The van der Waals surface area contributed by atoms with Crippen molar-refractivity contribution in [1.29, 1.82) is 0 Å². The Morgan fingerprint density at radius 3 is 2.27 bits per heavy atom. The molecule has 0 aliphatic rings. The highest BCUT2D eigenvalue weighted by molar-refractivity contribution is 5.86. The van der Waals surface area contributed by atoms with Crippen molar-refractivity contribution in [2.45, 2.75) is 86.8 Å². The molecule has 0 radical (unpaired) electrons. The Hall–Kier alpha value is -0.610. The summed E-state index contributed by atoms with van der Waals surface area (Å²) < 4.78 is 0. The van der Waals surface area contributed by atoms with Crippen LogP contribution in [0.25, 0.3) is 0 Å². The summed E-state index contributed by atoms with van der Waals surface area (Å²) in [6.45, 7) is 16.5. The van der Waals surface area contributed by atoms with Gasteiger partial charge in [-0.3, -0.25) is 5.32 Å². The molecule has 0 aromatic heterocycles. The molecule has 0 amide bonds. The molecule has 0 aromatic carbocycles. The monoisotopic (exact) mass is 314 g/mol. The van der Waals surface area contributed by atoms with Crippen LogP contribution in [-0.2, 0) is 4.84 Å². The van der Waals surface area contributed by atoms with Crippen LogP contribution in [0.2, 0.25) is 0 Å². The molecule has 0 spiro atoms. The zero-order chi connectivity index (χ0) is 17.2. The fraction of sp³-hybridized carbons (Fsp3) is 0.944. The van der Waals surface area contributed by atoms with E-state index < -0.39 is 6.23 Å². The standard InChI is InChI=1S/C18H38N2O2/c1-15(18(5,6)7)20-22-14-10-11-16(21)19-13-9-8-12-17(2,3)4/h16,19,21H,8-14H2,1-7H3/b20-15-. The van der Waals surface area contributed by atoms with Crippen LogP contribution in [0.4, 0.5) is 0 Å². The van der Waals surface area contributed by atoms with Crippen LogP contribution < -0.4 is 5.32 Å². The molecule has 0 bridgehead atoms. The van der Waals surface area contributed by atoms with E-state index in [4.69, 9.17) is 4.84 Å². The largest absolute Gasteiger partial charge is 0.396 e. The van der Waals surface area contributed by atoms with Crippen LogP contribution in [0.3, 0.4) is 0 Å². The predicted molar refractivity (Wildman–Crippen MR) is 95.1 cm³/mol. The third-order valence-electron chi connectivity index (χ3n) is 3.73. The average molecular weight is 315 g/mol. The van der Waals surface area contributed by atoms with E-state index in [-0.39, 0.29) is 5.41 Å². The molecule has 0 aliphatic heterocycles. The molecule has 0 aliphatic carbocycles. The normalized spacial score (nSPS) is 15.0. The summed E-state index contributed by atoms with van der Waals surface area (Å²) in [6.07, 6.45) is 4.60. The van der Waals surface area contributed by atoms with Crippen LogP contribution in [0, 0.1) is 10.8 Å². The number of aliphatic hydroxyl groups is 1. The number of aliphatic hydroxyl groups excluding tert-OH is 1. The Balaban J connectivity index is 3.57. The maximum absolute atomic E-state index is 9.84. The Morgan fingerprint density at radius 1 is 1.09 bits per heavy atom. The lowest BCUT2D eigenvalue weighted by Gasteiger charge is -2.18. The van der Waals surface area contributed by atoms with Crippen LogP contribution in [0.1, 0.15) is 80.6 Å². The van der Waals surface area contributed by atoms with Crippen molar-refractivity contribution in [3.8, 4) is 0 Å². The van der Waals surface area contributed by atoms with Crippen molar-refractivity contribution in [3.63, 3.8) is 0 Å². The molecule has 132 valence electrons. The van der Waals surface area contributed by atoms with Gasteiger partial charge in [-0.15, -0.1) is 0 Å². The molecule has 0 fully saturated rings. The highest BCUT2D eigenvalue weighted by Gasteiger charge is 2.14. The van der Waals surface area contributed by atoms with E-state index in [1.165, 1.54) is 12.8 Å². The molecule has 1 unspecified atom stereocenters. The van der Waals surface area contributed by atoms with Crippen LogP contribution in [0.15, 0.2) is 5.16 Å². The summed E-state index contributed by atoms with van der Waals surface area (Å²) in [6, 6.07) is 0. The van der Waals surface area contributed by atoms with E-state index in [9.17, 15) is 5.11 Å². The smallest absolute Gasteiger partial charge is 0.117 e. The minimum absolute atomic E-state index is 0.0497. The van der Waals surface area contributed by atoms with Gasteiger partial charge in [-0.2, -0.15) is 0 Å². The molecule has 1 atom stereocenters. The van der Waals surface area contributed by atoms with Crippen LogP contribution in [-0.4, -0.2) is 30.2 Å². The van der Waals surface area contributed by atoms with Gasteiger partial charge in [0.1, 0.15) is 12.8 Å². The lowest BCUT2D eigenvalue weighted by molar-refractivity contribution is 0.0937. The number of oxime groups is 1. The minimum atomic E-state index is -0.439. The van der Waals surface area contributed by atoms with E-state index in [1.807, 2.05) is 6.92 Å². The summed E-state index contributed by atoms with van der Waals surface area (Å²) in [5.74, 6) is 0. The zero-order valence-corrected chi connectivity index (χ0v) is 15.8. The number of unbranched alkanes of at least 4 members (excludes halogenated alkanes) is 1. The van der Waals surface area contributed by atoms with Crippen molar-refractivity contribution < 1.29 is 9.94 Å². The molecule has 0 aromatic rings. The first-order valence-corrected chi connectivity index (χ1v) is 8.61. The van der Waals surface area contributed by atoms with Crippen molar-refractivity contribution in [3.05, 3.63) is 0 Å². The average Bonchev–Trinajstić information content (AvgIpc) is 2.35. The summed E-state index contributed by atoms with van der Waals surface area (Å²) in [7, 11) is 0. The fourth-order valence-corrected chi connectivity index (χ4v) is 1.77. The molecular formula is C18H38N2O2. The summed E-state index contributed by atoms with van der Waals surface area (Å²) in [5, 5.41) is 17.1. The van der Waals surface area contributed by atoms with Crippen molar-refractivity contribution >= 4 is 5.71 Å². The van der Waals surface area contributed by atoms with Gasteiger partial charge in [0.15, 0.2) is 0 Å². The van der Waals surface area contributed by atoms with E-state index >= 15 is 0 Å².